The molecule has 3 N–H and O–H groups in total. The molecule has 18 heavy (non-hydrogen) atoms. The Morgan fingerprint density at radius 3 is 2.78 bits per heavy atom. The van der Waals surface area contributed by atoms with Crippen LogP contribution in [0.15, 0.2) is 42.6 Å². The van der Waals surface area contributed by atoms with Crippen molar-refractivity contribution in [1.29, 1.82) is 0 Å². The van der Waals surface area contributed by atoms with Gasteiger partial charge in [-0.15, -0.1) is 5.10 Å². The van der Waals surface area contributed by atoms with Crippen LogP contribution in [0.3, 0.4) is 0 Å². The number of nitrogens with two attached hydrogens (primary N) is 1. The van der Waals surface area contributed by atoms with Crippen LogP contribution in [0, 0.1) is 0 Å². The van der Waals surface area contributed by atoms with E-state index >= 15 is 0 Å². The van der Waals surface area contributed by atoms with E-state index in [1.807, 2.05) is 24.4 Å². The molecule has 5 nitrogen and oxygen atoms in total. The molecule has 0 unspecified atom stereocenters. The first-order chi connectivity index (χ1) is 8.79. The molecule has 0 amide bonds. The van der Waals surface area contributed by atoms with Crippen molar-refractivity contribution in [3.63, 3.8) is 0 Å². The number of fused-ring (bicyclic) bond motifs is 1. The fraction of sp³-hybridized carbons (Fsp3) is 0.0769. The van der Waals surface area contributed by atoms with E-state index in [2.05, 4.69) is 10.1 Å². The predicted molar refractivity (Wildman–Crippen MR) is 68.0 cm³/mol. The number of phenols is 1. The summed E-state index contributed by atoms with van der Waals surface area (Å²) in [5.41, 5.74) is 7.92. The minimum atomic E-state index is 0.169. The molecule has 0 spiro atoms. The second-order valence-electron chi connectivity index (χ2n) is 3.96. The maximum atomic E-state index is 9.80. The van der Waals surface area contributed by atoms with Crippen molar-refractivity contribution >= 4 is 5.65 Å². The molecular weight excluding hydrogens is 228 g/mol. The lowest BCUT2D eigenvalue weighted by atomic mass is 10.2. The van der Waals surface area contributed by atoms with E-state index in [0.29, 0.717) is 17.9 Å². The van der Waals surface area contributed by atoms with E-state index in [4.69, 9.17) is 5.73 Å². The minimum absolute atomic E-state index is 0.169. The van der Waals surface area contributed by atoms with Crippen LogP contribution in [0.25, 0.3) is 17.0 Å². The van der Waals surface area contributed by atoms with Gasteiger partial charge in [-0.25, -0.2) is 9.50 Å². The van der Waals surface area contributed by atoms with Crippen LogP contribution in [0.4, 0.5) is 0 Å². The lowest BCUT2D eigenvalue weighted by molar-refractivity contribution is 0.477. The number of nitrogens with zero attached hydrogens (tertiary/aromatic N) is 3. The summed E-state index contributed by atoms with van der Waals surface area (Å²) in [7, 11) is 0. The van der Waals surface area contributed by atoms with Gasteiger partial charge in [0.1, 0.15) is 5.75 Å². The van der Waals surface area contributed by atoms with E-state index in [-0.39, 0.29) is 5.75 Å². The molecule has 3 aromatic rings. The summed E-state index contributed by atoms with van der Waals surface area (Å²) in [6.45, 7) is 0.406. The Kier molecular flexibility index (Phi) is 2.46. The largest absolute Gasteiger partial charge is 0.507 e. The number of aromatic nitrogens is 3. The van der Waals surface area contributed by atoms with Crippen LogP contribution in [0.1, 0.15) is 5.56 Å². The summed E-state index contributed by atoms with van der Waals surface area (Å²) in [5, 5.41) is 14.1. The molecule has 3 rings (SSSR count). The molecule has 1 aromatic carbocycles. The fourth-order valence-corrected chi connectivity index (χ4v) is 1.90. The van der Waals surface area contributed by atoms with Gasteiger partial charge in [-0.05, 0) is 18.2 Å². The topological polar surface area (TPSA) is 76.4 Å². The van der Waals surface area contributed by atoms with Crippen LogP contribution in [-0.4, -0.2) is 19.7 Å². The molecule has 90 valence electrons. The number of aromatic hydroxyl groups is 1. The standard InChI is InChI=1S/C13H12N4O/c14-8-9-4-3-7-17-13(9)15-12(16-17)10-5-1-2-6-11(10)18/h1-7,18H,8,14H2. The molecule has 0 aliphatic rings. The zero-order valence-corrected chi connectivity index (χ0v) is 9.61. The number of pyridine rings is 1. The van der Waals surface area contributed by atoms with Crippen molar-refractivity contribution in [2.45, 2.75) is 6.54 Å². The smallest absolute Gasteiger partial charge is 0.185 e. The maximum absolute atomic E-state index is 9.80. The zero-order valence-electron chi connectivity index (χ0n) is 9.61. The van der Waals surface area contributed by atoms with Gasteiger partial charge in [0.2, 0.25) is 0 Å². The van der Waals surface area contributed by atoms with Gasteiger partial charge in [0.15, 0.2) is 11.5 Å². The number of benzene rings is 1. The first-order valence-corrected chi connectivity index (χ1v) is 5.62. The molecule has 5 heteroatoms. The molecular formula is C13H12N4O. The highest BCUT2D eigenvalue weighted by atomic mass is 16.3. The van der Waals surface area contributed by atoms with Crippen molar-refractivity contribution in [3.8, 4) is 17.1 Å². The molecule has 0 bridgehead atoms. The first-order valence-electron chi connectivity index (χ1n) is 5.62. The quantitative estimate of drug-likeness (QED) is 0.712. The summed E-state index contributed by atoms with van der Waals surface area (Å²) >= 11 is 0. The number of phenolic OH excluding ortho intramolecular Hbond substituents is 1. The van der Waals surface area contributed by atoms with Crippen LogP contribution in [-0.2, 0) is 6.54 Å². The number of hydrogen-bond acceptors (Lipinski definition) is 4. The molecule has 0 aliphatic carbocycles. The van der Waals surface area contributed by atoms with Crippen molar-refractivity contribution in [1.82, 2.24) is 14.6 Å². The molecule has 0 saturated carbocycles. The van der Waals surface area contributed by atoms with E-state index in [9.17, 15) is 5.11 Å². The molecule has 0 radical (unpaired) electrons. The van der Waals surface area contributed by atoms with Crippen molar-refractivity contribution in [2.75, 3.05) is 0 Å². The van der Waals surface area contributed by atoms with E-state index in [0.717, 1.165) is 11.2 Å². The molecule has 0 atom stereocenters. The van der Waals surface area contributed by atoms with Gasteiger partial charge in [0.25, 0.3) is 0 Å². The van der Waals surface area contributed by atoms with Crippen molar-refractivity contribution in [3.05, 3.63) is 48.2 Å². The third-order valence-corrected chi connectivity index (χ3v) is 2.81. The van der Waals surface area contributed by atoms with Gasteiger partial charge in [-0.3, -0.25) is 0 Å². The van der Waals surface area contributed by atoms with E-state index < -0.39 is 0 Å². The summed E-state index contributed by atoms with van der Waals surface area (Å²) < 4.78 is 1.67. The average molecular weight is 240 g/mol. The number of para-hydroxylation sites is 1. The summed E-state index contributed by atoms with van der Waals surface area (Å²) in [5.74, 6) is 0.664. The second-order valence-corrected chi connectivity index (χ2v) is 3.96. The van der Waals surface area contributed by atoms with E-state index in [1.165, 1.54) is 0 Å². The predicted octanol–water partition coefficient (Wildman–Crippen LogP) is 1.56. The third kappa shape index (κ3) is 1.61. The highest BCUT2D eigenvalue weighted by Gasteiger charge is 2.11. The summed E-state index contributed by atoms with van der Waals surface area (Å²) in [6, 6.07) is 10.8. The Hall–Kier alpha value is -2.40. The lowest BCUT2D eigenvalue weighted by Gasteiger charge is -1.97. The number of rotatable bonds is 2. The minimum Gasteiger partial charge on any atom is -0.507 e. The van der Waals surface area contributed by atoms with Gasteiger partial charge >= 0.3 is 0 Å². The molecule has 0 aliphatic heterocycles. The zero-order chi connectivity index (χ0) is 12.5. The Morgan fingerprint density at radius 2 is 2.00 bits per heavy atom. The van der Waals surface area contributed by atoms with Gasteiger partial charge in [-0.2, -0.15) is 0 Å². The highest BCUT2D eigenvalue weighted by molar-refractivity contribution is 5.66. The molecule has 0 fully saturated rings. The van der Waals surface area contributed by atoms with Crippen LogP contribution >= 0.6 is 0 Å². The first kappa shape index (κ1) is 10.7. The SMILES string of the molecule is NCc1cccn2nc(-c3ccccc3O)nc12. The Labute approximate surface area is 104 Å². The second kappa shape index (κ2) is 4.12. The third-order valence-electron chi connectivity index (χ3n) is 2.81. The summed E-state index contributed by atoms with van der Waals surface area (Å²) in [4.78, 5) is 4.43. The van der Waals surface area contributed by atoms with E-state index in [1.54, 1.807) is 22.7 Å². The van der Waals surface area contributed by atoms with Crippen LogP contribution in [0.5, 0.6) is 5.75 Å². The van der Waals surface area contributed by atoms with Crippen LogP contribution in [0.2, 0.25) is 0 Å². The normalized spacial score (nSPS) is 10.9. The van der Waals surface area contributed by atoms with Crippen molar-refractivity contribution < 1.29 is 5.11 Å². The maximum Gasteiger partial charge on any atom is 0.185 e. The molecule has 2 aromatic heterocycles. The number of hydrogen-bond donors (Lipinski definition) is 2. The Morgan fingerprint density at radius 1 is 1.17 bits per heavy atom. The fourth-order valence-electron chi connectivity index (χ4n) is 1.90. The van der Waals surface area contributed by atoms with Crippen LogP contribution < -0.4 is 5.73 Å². The lowest BCUT2D eigenvalue weighted by Crippen LogP contribution is -1.99. The Bertz CT molecular complexity index is 705. The highest BCUT2D eigenvalue weighted by Crippen LogP contribution is 2.26. The monoisotopic (exact) mass is 240 g/mol. The van der Waals surface area contributed by atoms with Crippen molar-refractivity contribution in [2.24, 2.45) is 5.73 Å². The van der Waals surface area contributed by atoms with Gasteiger partial charge in [-0.1, -0.05) is 18.2 Å². The van der Waals surface area contributed by atoms with Gasteiger partial charge < -0.3 is 10.8 Å². The Balaban J connectivity index is 2.23. The summed E-state index contributed by atoms with van der Waals surface area (Å²) in [6.07, 6.45) is 1.81. The molecule has 2 heterocycles. The van der Waals surface area contributed by atoms with Gasteiger partial charge in [0, 0.05) is 18.3 Å². The average Bonchev–Trinajstić information content (AvgIpc) is 2.82. The van der Waals surface area contributed by atoms with Gasteiger partial charge in [0.05, 0.1) is 5.56 Å². The molecule has 0 saturated heterocycles.